The number of benzene rings is 2. The van der Waals surface area contributed by atoms with Gasteiger partial charge in [0.1, 0.15) is 0 Å². The first-order valence-electron chi connectivity index (χ1n) is 9.10. The molecule has 0 saturated carbocycles. The molecular weight excluding hydrogens is 410 g/mol. The zero-order chi connectivity index (χ0) is 20.9. The number of hydrogen-bond acceptors (Lipinski definition) is 7. The molecule has 0 aliphatic rings. The van der Waals surface area contributed by atoms with Crippen molar-refractivity contribution in [1.82, 2.24) is 14.5 Å². The van der Waals surface area contributed by atoms with Gasteiger partial charge in [-0.25, -0.2) is 8.42 Å². The van der Waals surface area contributed by atoms with E-state index in [1.807, 2.05) is 18.2 Å². The lowest BCUT2D eigenvalue weighted by Crippen LogP contribution is -2.30. The van der Waals surface area contributed by atoms with Crippen LogP contribution >= 0.6 is 11.8 Å². The molecule has 0 N–H and O–H groups in total. The van der Waals surface area contributed by atoms with Crippen LogP contribution in [0.15, 0.2) is 69.1 Å². The minimum Gasteiger partial charge on any atom is -0.411 e. The highest BCUT2D eigenvalue weighted by Gasteiger charge is 2.21. The molecule has 0 bridgehead atoms. The van der Waals surface area contributed by atoms with E-state index in [2.05, 4.69) is 10.2 Å². The Kier molecular flexibility index (Phi) is 6.83. The predicted molar refractivity (Wildman–Crippen MR) is 111 cm³/mol. The van der Waals surface area contributed by atoms with Crippen LogP contribution in [-0.4, -0.2) is 47.5 Å². The van der Waals surface area contributed by atoms with E-state index in [1.165, 1.54) is 16.4 Å². The summed E-state index contributed by atoms with van der Waals surface area (Å²) in [6.07, 6.45) is 0. The van der Waals surface area contributed by atoms with Gasteiger partial charge in [-0.05, 0) is 24.3 Å². The molecule has 0 fully saturated rings. The van der Waals surface area contributed by atoms with Gasteiger partial charge in [0.25, 0.3) is 5.22 Å². The van der Waals surface area contributed by atoms with Gasteiger partial charge in [-0.2, -0.15) is 4.31 Å². The highest BCUT2D eigenvalue weighted by molar-refractivity contribution is 7.99. The van der Waals surface area contributed by atoms with Crippen molar-refractivity contribution in [2.75, 3.05) is 18.8 Å². The van der Waals surface area contributed by atoms with E-state index < -0.39 is 10.0 Å². The minimum absolute atomic E-state index is 0.0266. The van der Waals surface area contributed by atoms with Crippen LogP contribution < -0.4 is 0 Å². The lowest BCUT2D eigenvalue weighted by molar-refractivity contribution is 0.102. The molecule has 0 unspecified atom stereocenters. The van der Waals surface area contributed by atoms with Gasteiger partial charge in [-0.3, -0.25) is 4.79 Å². The fourth-order valence-electron chi connectivity index (χ4n) is 2.70. The maximum absolute atomic E-state index is 12.6. The topological polar surface area (TPSA) is 93.4 Å². The fraction of sp³-hybridized carbons (Fsp3) is 0.250. The van der Waals surface area contributed by atoms with Crippen molar-refractivity contribution in [1.29, 1.82) is 0 Å². The van der Waals surface area contributed by atoms with Crippen LogP contribution in [0, 0.1) is 0 Å². The van der Waals surface area contributed by atoms with E-state index >= 15 is 0 Å². The molecular formula is C20H21N3O4S2. The van der Waals surface area contributed by atoms with Crippen LogP contribution in [0.3, 0.4) is 0 Å². The van der Waals surface area contributed by atoms with Crippen LogP contribution in [0.25, 0.3) is 11.5 Å². The molecule has 152 valence electrons. The van der Waals surface area contributed by atoms with E-state index in [1.54, 1.807) is 38.1 Å². The molecule has 0 radical (unpaired) electrons. The van der Waals surface area contributed by atoms with E-state index in [0.717, 1.165) is 11.8 Å². The normalized spacial score (nSPS) is 11.7. The van der Waals surface area contributed by atoms with Crippen molar-refractivity contribution in [3.63, 3.8) is 0 Å². The van der Waals surface area contributed by atoms with Crippen LogP contribution in [0.4, 0.5) is 0 Å². The maximum atomic E-state index is 12.6. The van der Waals surface area contributed by atoms with Gasteiger partial charge in [0, 0.05) is 24.2 Å². The van der Waals surface area contributed by atoms with Crippen LogP contribution in [0.1, 0.15) is 24.2 Å². The van der Waals surface area contributed by atoms with Gasteiger partial charge in [0.05, 0.1) is 10.6 Å². The molecule has 29 heavy (non-hydrogen) atoms. The van der Waals surface area contributed by atoms with Crippen LogP contribution in [-0.2, 0) is 10.0 Å². The third kappa shape index (κ3) is 4.92. The van der Waals surface area contributed by atoms with Gasteiger partial charge < -0.3 is 4.42 Å². The Morgan fingerprint density at radius 1 is 1.00 bits per heavy atom. The van der Waals surface area contributed by atoms with Crippen molar-refractivity contribution in [3.8, 4) is 11.5 Å². The molecule has 0 spiro atoms. The number of rotatable bonds is 9. The van der Waals surface area contributed by atoms with Gasteiger partial charge in [0.2, 0.25) is 15.9 Å². The molecule has 7 nitrogen and oxygen atoms in total. The van der Waals surface area contributed by atoms with Crippen molar-refractivity contribution >= 4 is 27.6 Å². The second-order valence-corrected chi connectivity index (χ2v) is 8.93. The molecule has 1 aromatic heterocycles. The summed E-state index contributed by atoms with van der Waals surface area (Å²) in [6, 6.07) is 15.3. The largest absolute Gasteiger partial charge is 0.411 e. The van der Waals surface area contributed by atoms with Gasteiger partial charge in [-0.1, -0.05) is 55.9 Å². The molecule has 3 rings (SSSR count). The zero-order valence-electron chi connectivity index (χ0n) is 16.1. The van der Waals surface area contributed by atoms with E-state index in [9.17, 15) is 13.2 Å². The average Bonchev–Trinajstić information content (AvgIpc) is 3.22. The number of sulfonamides is 1. The maximum Gasteiger partial charge on any atom is 0.277 e. The van der Waals surface area contributed by atoms with Crippen LogP contribution in [0.2, 0.25) is 0 Å². The standard InChI is InChI=1S/C20H21N3O4S2/c1-3-23(4-2)29(25,26)17-12-10-16(11-13-17)19-21-22-20(27-19)28-14-18(24)15-8-6-5-7-9-15/h5-13H,3-4,14H2,1-2H3. The number of carbonyl (C=O) groups excluding carboxylic acids is 1. The van der Waals surface area contributed by atoms with Crippen molar-refractivity contribution in [3.05, 3.63) is 60.2 Å². The van der Waals surface area contributed by atoms with Crippen molar-refractivity contribution < 1.29 is 17.6 Å². The molecule has 0 aliphatic heterocycles. The summed E-state index contributed by atoms with van der Waals surface area (Å²) in [5.74, 6) is 0.430. The number of carbonyl (C=O) groups is 1. The Labute approximate surface area is 174 Å². The second-order valence-electron chi connectivity index (χ2n) is 6.06. The van der Waals surface area contributed by atoms with Gasteiger partial charge in [0.15, 0.2) is 5.78 Å². The molecule has 1 heterocycles. The summed E-state index contributed by atoms with van der Waals surface area (Å²) in [5, 5.41) is 8.22. The van der Waals surface area contributed by atoms with Gasteiger partial charge in [-0.15, -0.1) is 10.2 Å². The lowest BCUT2D eigenvalue weighted by Gasteiger charge is -2.18. The Hall–Kier alpha value is -2.49. The third-order valence-corrected chi connectivity index (χ3v) is 7.16. The molecule has 0 saturated heterocycles. The number of aromatic nitrogens is 2. The summed E-state index contributed by atoms with van der Waals surface area (Å²) in [6.45, 7) is 4.42. The molecule has 0 amide bonds. The van der Waals surface area contributed by atoms with E-state index in [4.69, 9.17) is 4.42 Å². The van der Waals surface area contributed by atoms with Crippen LogP contribution in [0.5, 0.6) is 0 Å². The van der Waals surface area contributed by atoms with Crippen molar-refractivity contribution in [2.45, 2.75) is 24.0 Å². The minimum atomic E-state index is -3.51. The first-order valence-corrected chi connectivity index (χ1v) is 11.5. The quantitative estimate of drug-likeness (QED) is 0.376. The van der Waals surface area contributed by atoms with E-state index in [-0.39, 0.29) is 27.5 Å². The summed E-state index contributed by atoms with van der Waals surface area (Å²) in [4.78, 5) is 12.4. The summed E-state index contributed by atoms with van der Waals surface area (Å²) in [7, 11) is -3.51. The molecule has 2 aromatic carbocycles. The Bertz CT molecular complexity index is 1060. The molecule has 3 aromatic rings. The zero-order valence-corrected chi connectivity index (χ0v) is 17.7. The highest BCUT2D eigenvalue weighted by Crippen LogP contribution is 2.25. The smallest absolute Gasteiger partial charge is 0.277 e. The SMILES string of the molecule is CCN(CC)S(=O)(=O)c1ccc(-c2nnc(SCC(=O)c3ccccc3)o2)cc1. The number of Topliss-reactive ketones (excluding diaryl/α,β-unsaturated/α-hetero) is 1. The summed E-state index contributed by atoms with van der Waals surface area (Å²) < 4.78 is 32.1. The molecule has 0 atom stereocenters. The third-order valence-electron chi connectivity index (χ3n) is 4.27. The Morgan fingerprint density at radius 3 is 2.28 bits per heavy atom. The first kappa shape index (κ1) is 21.2. The predicted octanol–water partition coefficient (Wildman–Crippen LogP) is 3.74. The summed E-state index contributed by atoms with van der Waals surface area (Å²) in [5.41, 5.74) is 1.24. The Balaban J connectivity index is 1.68. The number of nitrogens with zero attached hydrogens (tertiary/aromatic N) is 3. The number of thioether (sulfide) groups is 1. The first-order chi connectivity index (χ1) is 14.0. The van der Waals surface area contributed by atoms with E-state index in [0.29, 0.717) is 24.2 Å². The fourth-order valence-corrected chi connectivity index (χ4v) is 4.82. The lowest BCUT2D eigenvalue weighted by atomic mass is 10.2. The average molecular weight is 432 g/mol. The number of hydrogen-bond donors (Lipinski definition) is 0. The highest BCUT2D eigenvalue weighted by atomic mass is 32.2. The Morgan fingerprint density at radius 2 is 1.66 bits per heavy atom. The molecule has 0 aliphatic carbocycles. The summed E-state index contributed by atoms with van der Waals surface area (Å²) >= 11 is 1.16. The second kappa shape index (κ2) is 9.34. The van der Waals surface area contributed by atoms with Crippen molar-refractivity contribution in [2.24, 2.45) is 0 Å². The molecule has 9 heteroatoms. The number of ketones is 1. The van der Waals surface area contributed by atoms with Gasteiger partial charge >= 0.3 is 0 Å². The monoisotopic (exact) mass is 431 g/mol.